The van der Waals surface area contributed by atoms with Crippen LogP contribution >= 0.6 is 0 Å². The van der Waals surface area contributed by atoms with Crippen molar-refractivity contribution in [3.05, 3.63) is 65.2 Å². The van der Waals surface area contributed by atoms with Crippen molar-refractivity contribution in [1.29, 1.82) is 0 Å². The Kier molecular flexibility index (Phi) is 3.98. The number of hydrogen-bond acceptors (Lipinski definition) is 2. The molecule has 0 amide bonds. The number of aryl methyl sites for hydroxylation is 1. The van der Waals surface area contributed by atoms with Crippen molar-refractivity contribution in [2.24, 2.45) is 5.92 Å². The van der Waals surface area contributed by atoms with E-state index in [2.05, 4.69) is 68.6 Å². The lowest BCUT2D eigenvalue weighted by Gasteiger charge is -2.34. The van der Waals surface area contributed by atoms with Gasteiger partial charge in [0, 0.05) is 23.6 Å². The third-order valence-electron chi connectivity index (χ3n) is 4.41. The molecule has 2 nitrogen and oxygen atoms in total. The molecular weight excluding hydrogens is 258 g/mol. The van der Waals surface area contributed by atoms with Gasteiger partial charge in [0.2, 0.25) is 0 Å². The quantitative estimate of drug-likeness (QED) is 0.899. The number of para-hydroxylation sites is 1. The molecule has 0 aliphatic carbocycles. The molecule has 0 fully saturated rings. The molecule has 0 bridgehead atoms. The standard InChI is InChI=1S/C19H23NO/c1-13-8-4-5-9-16(13)15(3)20-19-14(2)12-21-18-11-7-6-10-17(18)19/h4-11,14-15,19-20H,12H2,1-3H3/t14?,15-,19?/m0/s1. The number of benzene rings is 2. The maximum atomic E-state index is 5.84. The van der Waals surface area contributed by atoms with Crippen LogP contribution in [-0.4, -0.2) is 6.61 Å². The predicted octanol–water partition coefficient (Wildman–Crippen LogP) is 4.42. The van der Waals surface area contributed by atoms with Gasteiger partial charge in [0.1, 0.15) is 5.75 Å². The average molecular weight is 281 g/mol. The second kappa shape index (κ2) is 5.90. The van der Waals surface area contributed by atoms with Crippen LogP contribution in [0.15, 0.2) is 48.5 Å². The molecule has 0 saturated heterocycles. The molecule has 110 valence electrons. The van der Waals surface area contributed by atoms with Gasteiger partial charge in [-0.1, -0.05) is 49.4 Å². The molecule has 2 aromatic rings. The van der Waals surface area contributed by atoms with Gasteiger partial charge in [-0.05, 0) is 31.0 Å². The molecule has 2 aromatic carbocycles. The van der Waals surface area contributed by atoms with Crippen molar-refractivity contribution < 1.29 is 4.74 Å². The van der Waals surface area contributed by atoms with E-state index >= 15 is 0 Å². The zero-order valence-corrected chi connectivity index (χ0v) is 13.0. The summed E-state index contributed by atoms with van der Waals surface area (Å²) in [6, 6.07) is 17.6. The van der Waals surface area contributed by atoms with E-state index in [0.29, 0.717) is 18.0 Å². The summed E-state index contributed by atoms with van der Waals surface area (Å²) in [7, 11) is 0. The van der Waals surface area contributed by atoms with Crippen molar-refractivity contribution in [3.63, 3.8) is 0 Å². The van der Waals surface area contributed by atoms with Crippen molar-refractivity contribution in [2.45, 2.75) is 32.9 Å². The van der Waals surface area contributed by atoms with Gasteiger partial charge in [0.15, 0.2) is 0 Å². The highest BCUT2D eigenvalue weighted by Gasteiger charge is 2.28. The van der Waals surface area contributed by atoms with E-state index in [4.69, 9.17) is 4.74 Å². The van der Waals surface area contributed by atoms with Gasteiger partial charge >= 0.3 is 0 Å². The third-order valence-corrected chi connectivity index (χ3v) is 4.41. The summed E-state index contributed by atoms with van der Waals surface area (Å²) < 4.78 is 5.84. The Morgan fingerprint density at radius 1 is 1.10 bits per heavy atom. The largest absolute Gasteiger partial charge is 0.493 e. The van der Waals surface area contributed by atoms with Gasteiger partial charge in [-0.3, -0.25) is 0 Å². The summed E-state index contributed by atoms with van der Waals surface area (Å²) in [5, 5.41) is 3.80. The number of nitrogens with one attached hydrogen (secondary N) is 1. The van der Waals surface area contributed by atoms with E-state index < -0.39 is 0 Å². The van der Waals surface area contributed by atoms with Crippen molar-refractivity contribution in [1.82, 2.24) is 5.32 Å². The SMILES string of the molecule is Cc1ccccc1[C@H](C)NC1c2ccccc2OCC1C. The number of hydrogen-bond donors (Lipinski definition) is 1. The molecule has 21 heavy (non-hydrogen) atoms. The molecule has 1 aliphatic rings. The third kappa shape index (κ3) is 2.81. The first kappa shape index (κ1) is 14.2. The Morgan fingerprint density at radius 3 is 2.62 bits per heavy atom. The zero-order valence-electron chi connectivity index (χ0n) is 13.0. The van der Waals surface area contributed by atoms with Gasteiger partial charge < -0.3 is 10.1 Å². The molecule has 0 radical (unpaired) electrons. The first-order chi connectivity index (χ1) is 10.2. The highest BCUT2D eigenvalue weighted by molar-refractivity contribution is 5.38. The zero-order chi connectivity index (χ0) is 14.8. The first-order valence-electron chi connectivity index (χ1n) is 7.70. The van der Waals surface area contributed by atoms with Gasteiger partial charge in [0.05, 0.1) is 6.61 Å². The average Bonchev–Trinajstić information content (AvgIpc) is 2.50. The highest BCUT2D eigenvalue weighted by Crippen LogP contribution is 2.36. The van der Waals surface area contributed by atoms with Crippen molar-refractivity contribution >= 4 is 0 Å². The van der Waals surface area contributed by atoms with Crippen molar-refractivity contribution in [3.8, 4) is 5.75 Å². The summed E-state index contributed by atoms with van der Waals surface area (Å²) in [6.07, 6.45) is 0. The molecule has 3 rings (SSSR count). The fourth-order valence-corrected chi connectivity index (χ4v) is 3.18. The van der Waals surface area contributed by atoms with E-state index in [1.165, 1.54) is 16.7 Å². The Labute approximate surface area is 127 Å². The van der Waals surface area contributed by atoms with Crippen molar-refractivity contribution in [2.75, 3.05) is 6.61 Å². The summed E-state index contributed by atoms with van der Waals surface area (Å²) in [6.45, 7) is 7.44. The smallest absolute Gasteiger partial charge is 0.124 e. The number of rotatable bonds is 3. The molecular formula is C19H23NO. The van der Waals surface area contributed by atoms with Crippen LogP contribution in [0.2, 0.25) is 0 Å². The molecule has 0 spiro atoms. The van der Waals surface area contributed by atoms with E-state index in [9.17, 15) is 0 Å². The minimum absolute atomic E-state index is 0.324. The van der Waals surface area contributed by atoms with Crippen LogP contribution in [0.5, 0.6) is 5.75 Å². The maximum absolute atomic E-state index is 5.84. The molecule has 0 aromatic heterocycles. The molecule has 2 unspecified atom stereocenters. The molecule has 1 aliphatic heterocycles. The van der Waals surface area contributed by atoms with Crippen LogP contribution < -0.4 is 10.1 Å². The number of ether oxygens (including phenoxy) is 1. The lowest BCUT2D eigenvalue weighted by molar-refractivity contribution is 0.182. The van der Waals surface area contributed by atoms with E-state index in [1.54, 1.807) is 0 Å². The summed E-state index contributed by atoms with van der Waals surface area (Å²) in [5.41, 5.74) is 3.98. The van der Waals surface area contributed by atoms with Crippen LogP contribution in [0.3, 0.4) is 0 Å². The fourth-order valence-electron chi connectivity index (χ4n) is 3.18. The lowest BCUT2D eigenvalue weighted by atomic mass is 9.90. The molecule has 0 saturated carbocycles. The van der Waals surface area contributed by atoms with Gasteiger partial charge in [-0.15, -0.1) is 0 Å². The molecule has 1 heterocycles. The van der Waals surface area contributed by atoms with Crippen LogP contribution in [0.1, 0.15) is 42.6 Å². The maximum Gasteiger partial charge on any atom is 0.124 e. The molecule has 2 heteroatoms. The highest BCUT2D eigenvalue weighted by atomic mass is 16.5. The van der Waals surface area contributed by atoms with Crippen LogP contribution in [0.25, 0.3) is 0 Å². The first-order valence-corrected chi connectivity index (χ1v) is 7.70. The number of fused-ring (bicyclic) bond motifs is 1. The molecule has 3 atom stereocenters. The van der Waals surface area contributed by atoms with E-state index in [0.717, 1.165) is 12.4 Å². The Balaban J connectivity index is 1.86. The lowest BCUT2D eigenvalue weighted by Crippen LogP contribution is -2.35. The van der Waals surface area contributed by atoms with Crippen LogP contribution in [0.4, 0.5) is 0 Å². The minimum atomic E-state index is 0.324. The normalized spacial score (nSPS) is 22.2. The summed E-state index contributed by atoms with van der Waals surface area (Å²) in [5.74, 6) is 1.48. The second-order valence-electron chi connectivity index (χ2n) is 6.05. The topological polar surface area (TPSA) is 21.3 Å². The fraction of sp³-hybridized carbons (Fsp3) is 0.368. The van der Waals surface area contributed by atoms with Gasteiger partial charge in [0.25, 0.3) is 0 Å². The van der Waals surface area contributed by atoms with Crippen LogP contribution in [0, 0.1) is 12.8 Å². The summed E-state index contributed by atoms with van der Waals surface area (Å²) in [4.78, 5) is 0. The second-order valence-corrected chi connectivity index (χ2v) is 6.05. The minimum Gasteiger partial charge on any atom is -0.493 e. The Bertz CT molecular complexity index is 622. The van der Waals surface area contributed by atoms with E-state index in [-0.39, 0.29) is 0 Å². The van der Waals surface area contributed by atoms with E-state index in [1.807, 2.05) is 6.07 Å². The monoisotopic (exact) mass is 281 g/mol. The Morgan fingerprint density at radius 2 is 1.81 bits per heavy atom. The van der Waals surface area contributed by atoms with Gasteiger partial charge in [-0.25, -0.2) is 0 Å². The summed E-state index contributed by atoms with van der Waals surface area (Å²) >= 11 is 0. The van der Waals surface area contributed by atoms with Crippen LogP contribution in [-0.2, 0) is 0 Å². The predicted molar refractivity (Wildman–Crippen MR) is 86.6 cm³/mol. The van der Waals surface area contributed by atoms with Gasteiger partial charge in [-0.2, -0.15) is 0 Å². The Hall–Kier alpha value is -1.80. The molecule has 1 N–H and O–H groups in total.